The van der Waals surface area contributed by atoms with Gasteiger partial charge < -0.3 is 9.47 Å². The van der Waals surface area contributed by atoms with E-state index in [-0.39, 0.29) is 24.9 Å². The highest BCUT2D eigenvalue weighted by Crippen LogP contribution is 2.41. The summed E-state index contributed by atoms with van der Waals surface area (Å²) in [6.07, 6.45) is 4.31. The average molecular weight is 526 g/mol. The van der Waals surface area contributed by atoms with E-state index in [0.717, 1.165) is 27.9 Å². The second kappa shape index (κ2) is 8.66. The van der Waals surface area contributed by atoms with Gasteiger partial charge in [-0.3, -0.25) is 9.20 Å². The van der Waals surface area contributed by atoms with Crippen molar-refractivity contribution in [2.24, 2.45) is 5.92 Å². The van der Waals surface area contributed by atoms with Crippen LogP contribution in [0.3, 0.4) is 0 Å². The maximum absolute atomic E-state index is 12.4. The number of fused-ring (bicyclic) bond motifs is 1. The number of hydrogen-bond donors (Lipinski definition) is 0. The number of imidazole rings is 1. The van der Waals surface area contributed by atoms with Crippen LogP contribution in [-0.4, -0.2) is 33.4 Å². The summed E-state index contributed by atoms with van der Waals surface area (Å²) in [5.41, 5.74) is 1.37. The van der Waals surface area contributed by atoms with Crippen molar-refractivity contribution in [3.05, 3.63) is 63.0 Å². The number of aromatic nitrogens is 3. The molecular weight excluding hydrogens is 509 g/mol. The third-order valence-corrected chi connectivity index (χ3v) is 5.85. The largest absolute Gasteiger partial charge is 0.462 e. The molecule has 2 heterocycles. The lowest BCUT2D eigenvalue weighted by Gasteiger charge is -2.34. The van der Waals surface area contributed by atoms with Crippen LogP contribution in [0.1, 0.15) is 36.3 Å². The van der Waals surface area contributed by atoms with Crippen molar-refractivity contribution in [3.63, 3.8) is 0 Å². The zero-order valence-electron chi connectivity index (χ0n) is 15.2. The number of esters is 1. The molecule has 0 aliphatic heterocycles. The van der Waals surface area contributed by atoms with Crippen molar-refractivity contribution in [3.8, 4) is 0 Å². The van der Waals surface area contributed by atoms with Gasteiger partial charge in [-0.1, -0.05) is 41.9 Å². The minimum Gasteiger partial charge on any atom is -0.462 e. The standard InChI is InChI=1S/C20H17ClIN3O4/c21-18-15-8-23-19(25(15)9-16(22)24-18)14-6-12(7-14)10-28-20(27)17(29-11-26)13-4-2-1-3-5-13/h1-5,8-9,11-12,14,17H,6-7,10H2/t12?,14?,17-/m1/s1. The first-order valence-corrected chi connectivity index (χ1v) is 10.5. The van der Waals surface area contributed by atoms with E-state index in [2.05, 4.69) is 32.6 Å². The van der Waals surface area contributed by atoms with Gasteiger partial charge in [0.15, 0.2) is 5.15 Å². The first kappa shape index (κ1) is 20.1. The molecule has 29 heavy (non-hydrogen) atoms. The minimum absolute atomic E-state index is 0.236. The molecule has 7 nitrogen and oxygen atoms in total. The summed E-state index contributed by atoms with van der Waals surface area (Å²) >= 11 is 8.31. The number of nitrogens with zero attached hydrogens (tertiary/aromatic N) is 3. The van der Waals surface area contributed by atoms with E-state index >= 15 is 0 Å². The van der Waals surface area contributed by atoms with Crippen LogP contribution < -0.4 is 0 Å². The highest BCUT2D eigenvalue weighted by atomic mass is 127. The Morgan fingerprint density at radius 1 is 1.34 bits per heavy atom. The third kappa shape index (κ3) is 4.23. The number of benzene rings is 1. The molecule has 0 N–H and O–H groups in total. The highest BCUT2D eigenvalue weighted by molar-refractivity contribution is 14.1. The SMILES string of the molecule is O=CO[C@@H](C(=O)OCC1CC(c2ncc3c(Cl)nc(I)cn23)C1)c1ccccc1. The summed E-state index contributed by atoms with van der Waals surface area (Å²) in [4.78, 5) is 31.9. The number of carbonyl (C=O) groups is 2. The van der Waals surface area contributed by atoms with Crippen molar-refractivity contribution >= 4 is 52.2 Å². The maximum Gasteiger partial charge on any atom is 0.352 e. The summed E-state index contributed by atoms with van der Waals surface area (Å²) in [6, 6.07) is 8.82. The first-order chi connectivity index (χ1) is 14.1. The highest BCUT2D eigenvalue weighted by Gasteiger charge is 2.35. The Labute approximate surface area is 185 Å². The Morgan fingerprint density at radius 3 is 2.83 bits per heavy atom. The lowest BCUT2D eigenvalue weighted by molar-refractivity contribution is -0.164. The number of halogens is 2. The Bertz CT molecular complexity index is 1040. The van der Waals surface area contributed by atoms with E-state index < -0.39 is 12.1 Å². The van der Waals surface area contributed by atoms with Gasteiger partial charge in [-0.2, -0.15) is 0 Å². The molecule has 0 amide bonds. The molecule has 0 radical (unpaired) electrons. The maximum atomic E-state index is 12.4. The topological polar surface area (TPSA) is 82.8 Å². The van der Waals surface area contributed by atoms with Gasteiger partial charge in [-0.25, -0.2) is 14.8 Å². The van der Waals surface area contributed by atoms with Crippen LogP contribution in [0.5, 0.6) is 0 Å². The first-order valence-electron chi connectivity index (χ1n) is 9.06. The van der Waals surface area contributed by atoms with Crippen LogP contribution in [0, 0.1) is 9.62 Å². The van der Waals surface area contributed by atoms with Gasteiger partial charge in [-0.05, 0) is 41.4 Å². The molecule has 1 aromatic carbocycles. The van der Waals surface area contributed by atoms with Crippen molar-refractivity contribution < 1.29 is 19.1 Å². The molecule has 1 aliphatic rings. The number of rotatable bonds is 7. The number of hydrogen-bond acceptors (Lipinski definition) is 6. The van der Waals surface area contributed by atoms with Crippen LogP contribution in [0.15, 0.2) is 42.7 Å². The van der Waals surface area contributed by atoms with Gasteiger partial charge in [-0.15, -0.1) is 0 Å². The third-order valence-electron chi connectivity index (χ3n) is 5.05. The van der Waals surface area contributed by atoms with Crippen LogP contribution in [0.4, 0.5) is 0 Å². The zero-order valence-corrected chi connectivity index (χ0v) is 18.1. The predicted octanol–water partition coefficient (Wildman–Crippen LogP) is 3.94. The lowest BCUT2D eigenvalue weighted by atomic mass is 9.75. The van der Waals surface area contributed by atoms with Crippen LogP contribution in [0.2, 0.25) is 5.15 Å². The average Bonchev–Trinajstić information content (AvgIpc) is 3.09. The fraction of sp³-hybridized carbons (Fsp3) is 0.300. The zero-order chi connectivity index (χ0) is 20.4. The predicted molar refractivity (Wildman–Crippen MR) is 113 cm³/mol. The molecule has 0 saturated heterocycles. The molecule has 0 unspecified atom stereocenters. The molecule has 3 aromatic rings. The van der Waals surface area contributed by atoms with Crippen LogP contribution in [-0.2, 0) is 19.1 Å². The smallest absolute Gasteiger partial charge is 0.352 e. The van der Waals surface area contributed by atoms with E-state index in [1.807, 2.05) is 16.7 Å². The van der Waals surface area contributed by atoms with Gasteiger partial charge in [0.1, 0.15) is 15.0 Å². The van der Waals surface area contributed by atoms with E-state index in [1.165, 1.54) is 0 Å². The van der Waals surface area contributed by atoms with E-state index in [4.69, 9.17) is 21.1 Å². The Morgan fingerprint density at radius 2 is 2.10 bits per heavy atom. The molecule has 0 spiro atoms. The van der Waals surface area contributed by atoms with Crippen LogP contribution in [0.25, 0.3) is 5.52 Å². The minimum atomic E-state index is -1.04. The van der Waals surface area contributed by atoms with Gasteiger partial charge >= 0.3 is 5.97 Å². The fourth-order valence-electron chi connectivity index (χ4n) is 3.56. The molecular formula is C20H17ClIN3O4. The summed E-state index contributed by atoms with van der Waals surface area (Å²) in [7, 11) is 0. The van der Waals surface area contributed by atoms with Crippen molar-refractivity contribution in [1.82, 2.24) is 14.4 Å². The number of carbonyl (C=O) groups excluding carboxylic acids is 2. The van der Waals surface area contributed by atoms with Crippen LogP contribution >= 0.6 is 34.2 Å². The van der Waals surface area contributed by atoms with Gasteiger partial charge in [0.05, 0.1) is 12.8 Å². The van der Waals surface area contributed by atoms with E-state index in [0.29, 0.717) is 10.7 Å². The second-order valence-electron chi connectivity index (χ2n) is 6.91. The van der Waals surface area contributed by atoms with Crippen molar-refractivity contribution in [2.45, 2.75) is 24.9 Å². The second-order valence-corrected chi connectivity index (χ2v) is 8.38. The quantitative estimate of drug-likeness (QED) is 0.264. The Hall–Kier alpha value is -2.20. The molecule has 0 bridgehead atoms. The molecule has 2 aromatic heterocycles. The van der Waals surface area contributed by atoms with Gasteiger partial charge in [0.2, 0.25) is 6.10 Å². The van der Waals surface area contributed by atoms with Crippen molar-refractivity contribution in [2.75, 3.05) is 6.61 Å². The van der Waals surface area contributed by atoms with Gasteiger partial charge in [0, 0.05) is 17.7 Å². The molecule has 4 rings (SSSR count). The monoisotopic (exact) mass is 525 g/mol. The van der Waals surface area contributed by atoms with E-state index in [1.54, 1.807) is 30.5 Å². The van der Waals surface area contributed by atoms with Crippen molar-refractivity contribution in [1.29, 1.82) is 0 Å². The number of ether oxygens (including phenoxy) is 2. The summed E-state index contributed by atoms with van der Waals surface area (Å²) in [6.45, 7) is 0.549. The molecule has 1 atom stereocenters. The molecule has 150 valence electrons. The summed E-state index contributed by atoms with van der Waals surface area (Å²) in [5.74, 6) is 0.883. The van der Waals surface area contributed by atoms with Gasteiger partial charge in [0.25, 0.3) is 6.47 Å². The Kier molecular flexibility index (Phi) is 6.00. The van der Waals surface area contributed by atoms with E-state index in [9.17, 15) is 9.59 Å². The molecule has 9 heteroatoms. The molecule has 1 saturated carbocycles. The summed E-state index contributed by atoms with van der Waals surface area (Å²) in [5, 5.41) is 0.433. The molecule has 1 fully saturated rings. The fourth-order valence-corrected chi connectivity index (χ4v) is 4.46. The summed E-state index contributed by atoms with van der Waals surface area (Å²) < 4.78 is 13.1. The normalized spacial score (nSPS) is 19.4. The lowest BCUT2D eigenvalue weighted by Crippen LogP contribution is -2.30. The molecule has 1 aliphatic carbocycles. The Balaban J connectivity index is 1.35.